The molecule has 0 aromatic heterocycles. The maximum absolute atomic E-state index is 11.2. The summed E-state index contributed by atoms with van der Waals surface area (Å²) in [6.07, 6.45) is 0.201. The lowest BCUT2D eigenvalue weighted by Gasteiger charge is -2.10. The summed E-state index contributed by atoms with van der Waals surface area (Å²) in [6, 6.07) is 5.62. The van der Waals surface area contributed by atoms with Gasteiger partial charge in [0.05, 0.1) is 13.5 Å². The lowest BCUT2D eigenvalue weighted by molar-refractivity contribution is -0.139. The lowest BCUT2D eigenvalue weighted by Crippen LogP contribution is -2.08. The van der Waals surface area contributed by atoms with Crippen LogP contribution in [0.3, 0.4) is 0 Å². The molecule has 0 fully saturated rings. The third-order valence-corrected chi connectivity index (χ3v) is 2.59. The van der Waals surface area contributed by atoms with Gasteiger partial charge in [0.1, 0.15) is 5.75 Å². The monoisotopic (exact) mass is 336 g/mol. The van der Waals surface area contributed by atoms with Crippen LogP contribution in [0.2, 0.25) is 0 Å². The van der Waals surface area contributed by atoms with Crippen LogP contribution < -0.4 is 4.74 Å². The van der Waals surface area contributed by atoms with Crippen molar-refractivity contribution in [2.45, 2.75) is 6.42 Å². The fraction of sp³-hybridized carbons (Fsp3) is 0.364. The van der Waals surface area contributed by atoms with E-state index in [9.17, 15) is 4.79 Å². The highest BCUT2D eigenvalue weighted by Gasteiger charge is 2.09. The van der Waals surface area contributed by atoms with E-state index in [0.29, 0.717) is 5.75 Å². The van der Waals surface area contributed by atoms with Crippen molar-refractivity contribution in [1.29, 1.82) is 0 Å². The molecule has 0 bridgehead atoms. The highest BCUT2D eigenvalue weighted by molar-refractivity contribution is 14.1. The zero-order valence-electron chi connectivity index (χ0n) is 9.16. The molecule has 0 aliphatic heterocycles. The highest BCUT2D eigenvalue weighted by Crippen LogP contribution is 2.22. The van der Waals surface area contributed by atoms with Crippen molar-refractivity contribution in [3.8, 4) is 5.75 Å². The van der Waals surface area contributed by atoms with E-state index in [1.165, 1.54) is 7.11 Å². The van der Waals surface area contributed by atoms with E-state index >= 15 is 0 Å². The average molecular weight is 336 g/mol. The molecule has 1 rings (SSSR count). The van der Waals surface area contributed by atoms with Gasteiger partial charge in [-0.3, -0.25) is 4.79 Å². The predicted octanol–water partition coefficient (Wildman–Crippen LogP) is 1.99. The first-order valence-corrected chi connectivity index (χ1v) is 5.72. The lowest BCUT2D eigenvalue weighted by atomic mass is 10.1. The second-order valence-electron chi connectivity index (χ2n) is 3.06. The van der Waals surface area contributed by atoms with Crippen LogP contribution in [0.15, 0.2) is 18.2 Å². The molecule has 0 heterocycles. The third-order valence-electron chi connectivity index (χ3n) is 1.92. The van der Waals surface area contributed by atoms with Gasteiger partial charge in [-0.2, -0.15) is 0 Å². The van der Waals surface area contributed by atoms with Crippen LogP contribution in [0.25, 0.3) is 0 Å². The molecule has 4 nitrogen and oxygen atoms in total. The van der Waals surface area contributed by atoms with Crippen molar-refractivity contribution in [2.75, 3.05) is 21.0 Å². The standard InChI is InChI=1S/C11H13IO4/c1-14-7-16-10-4-3-9(12)5-8(10)6-11(13)15-2/h3-5H,6-7H2,1-2H3. The van der Waals surface area contributed by atoms with Crippen LogP contribution >= 0.6 is 22.6 Å². The average Bonchev–Trinajstić information content (AvgIpc) is 2.28. The van der Waals surface area contributed by atoms with E-state index in [1.54, 1.807) is 7.11 Å². The molecule has 5 heteroatoms. The van der Waals surface area contributed by atoms with Gasteiger partial charge in [0.15, 0.2) is 6.79 Å². The number of esters is 1. The SMILES string of the molecule is COCOc1ccc(I)cc1CC(=O)OC. The second kappa shape index (κ2) is 6.70. The summed E-state index contributed by atoms with van der Waals surface area (Å²) in [5.74, 6) is 0.358. The van der Waals surface area contributed by atoms with Gasteiger partial charge >= 0.3 is 5.97 Å². The smallest absolute Gasteiger partial charge is 0.310 e. The summed E-state index contributed by atoms with van der Waals surface area (Å²) in [7, 11) is 2.92. The Morgan fingerprint density at radius 2 is 2.12 bits per heavy atom. The van der Waals surface area contributed by atoms with E-state index in [0.717, 1.165) is 9.13 Å². The number of benzene rings is 1. The molecule has 0 atom stereocenters. The molecule has 0 amide bonds. The molecule has 88 valence electrons. The fourth-order valence-electron chi connectivity index (χ4n) is 1.18. The fourth-order valence-corrected chi connectivity index (χ4v) is 1.73. The zero-order chi connectivity index (χ0) is 12.0. The number of ether oxygens (including phenoxy) is 3. The molecule has 0 N–H and O–H groups in total. The first kappa shape index (κ1) is 13.2. The number of carbonyl (C=O) groups is 1. The molecule has 0 spiro atoms. The number of rotatable bonds is 5. The molecule has 0 aliphatic rings. The Bertz CT molecular complexity index is 365. The van der Waals surface area contributed by atoms with E-state index in [2.05, 4.69) is 27.3 Å². The Kier molecular flexibility index (Phi) is 5.54. The van der Waals surface area contributed by atoms with Gasteiger partial charge in [-0.25, -0.2) is 0 Å². The van der Waals surface area contributed by atoms with Crippen molar-refractivity contribution in [2.24, 2.45) is 0 Å². The quantitative estimate of drug-likeness (QED) is 0.469. The minimum absolute atomic E-state index is 0.161. The van der Waals surface area contributed by atoms with Crippen LogP contribution in [0.4, 0.5) is 0 Å². The Labute approximate surface area is 108 Å². The number of hydrogen-bond acceptors (Lipinski definition) is 4. The Hall–Kier alpha value is -0.820. The number of methoxy groups -OCH3 is 2. The van der Waals surface area contributed by atoms with Gasteiger partial charge in [-0.05, 0) is 40.8 Å². The number of carbonyl (C=O) groups excluding carboxylic acids is 1. The van der Waals surface area contributed by atoms with Crippen molar-refractivity contribution < 1.29 is 19.0 Å². The van der Waals surface area contributed by atoms with Crippen molar-refractivity contribution in [3.63, 3.8) is 0 Å². The molecular formula is C11H13IO4. The zero-order valence-corrected chi connectivity index (χ0v) is 11.3. The minimum atomic E-state index is -0.288. The van der Waals surface area contributed by atoms with E-state index in [4.69, 9.17) is 9.47 Å². The summed E-state index contributed by atoms with van der Waals surface area (Å²) in [5, 5.41) is 0. The maximum atomic E-state index is 11.2. The van der Waals surface area contributed by atoms with Crippen LogP contribution in [-0.2, 0) is 20.7 Å². The van der Waals surface area contributed by atoms with Crippen LogP contribution in [0, 0.1) is 3.57 Å². The van der Waals surface area contributed by atoms with E-state index in [1.807, 2.05) is 18.2 Å². The van der Waals surface area contributed by atoms with Gasteiger partial charge in [-0.15, -0.1) is 0 Å². The number of halogens is 1. The van der Waals surface area contributed by atoms with Gasteiger partial charge in [0.25, 0.3) is 0 Å². The summed E-state index contributed by atoms with van der Waals surface area (Å²) in [6.45, 7) is 0.161. The van der Waals surface area contributed by atoms with Crippen LogP contribution in [0.1, 0.15) is 5.56 Å². The second-order valence-corrected chi connectivity index (χ2v) is 4.30. The van der Waals surface area contributed by atoms with Gasteiger partial charge in [-0.1, -0.05) is 0 Å². The third kappa shape index (κ3) is 3.97. The molecular weight excluding hydrogens is 323 g/mol. The summed E-state index contributed by atoms with van der Waals surface area (Å²) in [5.41, 5.74) is 0.802. The molecule has 1 aromatic carbocycles. The van der Waals surface area contributed by atoms with Crippen LogP contribution in [-0.4, -0.2) is 27.0 Å². The predicted molar refractivity (Wildman–Crippen MR) is 67.4 cm³/mol. The Morgan fingerprint density at radius 3 is 2.75 bits per heavy atom. The summed E-state index contributed by atoms with van der Waals surface area (Å²) in [4.78, 5) is 11.2. The molecule has 1 aromatic rings. The minimum Gasteiger partial charge on any atom is -0.469 e. The molecule has 0 aliphatic carbocycles. The molecule has 0 saturated heterocycles. The van der Waals surface area contributed by atoms with Crippen molar-refractivity contribution in [3.05, 3.63) is 27.3 Å². The van der Waals surface area contributed by atoms with Crippen molar-refractivity contribution in [1.82, 2.24) is 0 Å². The Balaban J connectivity index is 2.84. The summed E-state index contributed by atoms with van der Waals surface area (Å²) < 4.78 is 15.8. The molecule has 0 unspecified atom stereocenters. The van der Waals surface area contributed by atoms with Crippen molar-refractivity contribution >= 4 is 28.6 Å². The van der Waals surface area contributed by atoms with E-state index in [-0.39, 0.29) is 19.2 Å². The van der Waals surface area contributed by atoms with Gasteiger partial charge < -0.3 is 14.2 Å². The summed E-state index contributed by atoms with van der Waals surface area (Å²) >= 11 is 2.18. The largest absolute Gasteiger partial charge is 0.469 e. The topological polar surface area (TPSA) is 44.8 Å². The van der Waals surface area contributed by atoms with Gasteiger partial charge in [0, 0.05) is 16.2 Å². The molecule has 0 saturated carbocycles. The Morgan fingerprint density at radius 1 is 1.38 bits per heavy atom. The first-order chi connectivity index (χ1) is 7.67. The first-order valence-electron chi connectivity index (χ1n) is 4.64. The normalized spacial score (nSPS) is 9.94. The molecule has 0 radical (unpaired) electrons. The highest BCUT2D eigenvalue weighted by atomic mass is 127. The molecule has 16 heavy (non-hydrogen) atoms. The van der Waals surface area contributed by atoms with Gasteiger partial charge in [0.2, 0.25) is 0 Å². The maximum Gasteiger partial charge on any atom is 0.310 e. The van der Waals surface area contributed by atoms with Crippen LogP contribution in [0.5, 0.6) is 5.75 Å². The number of hydrogen-bond donors (Lipinski definition) is 0. The van der Waals surface area contributed by atoms with E-state index < -0.39 is 0 Å².